The fourth-order valence-corrected chi connectivity index (χ4v) is 6.41. The molecule has 0 saturated carbocycles. The highest BCUT2D eigenvalue weighted by molar-refractivity contribution is 8.00. The lowest BCUT2D eigenvalue weighted by molar-refractivity contribution is -0.192. The second kappa shape index (κ2) is 9.34. The van der Waals surface area contributed by atoms with Crippen molar-refractivity contribution in [3.63, 3.8) is 0 Å². The number of nitrogens with one attached hydrogen (secondary N) is 1. The predicted molar refractivity (Wildman–Crippen MR) is 109 cm³/mol. The molecule has 2 aliphatic heterocycles. The molecule has 1 aromatic rings. The summed E-state index contributed by atoms with van der Waals surface area (Å²) in [5, 5.41) is 31.0. The number of carbonyl (C=O) groups is 3. The van der Waals surface area contributed by atoms with Gasteiger partial charge < -0.3 is 15.2 Å². The number of hydrogen-bond donors (Lipinski definition) is 2. The van der Waals surface area contributed by atoms with E-state index in [1.165, 1.54) is 11.8 Å². The molecular weight excluding hydrogens is 470 g/mol. The molecule has 2 amide bonds. The molecule has 31 heavy (non-hydrogen) atoms. The van der Waals surface area contributed by atoms with E-state index in [0.29, 0.717) is 5.16 Å². The van der Waals surface area contributed by atoms with E-state index in [4.69, 9.17) is 10.00 Å². The van der Waals surface area contributed by atoms with Gasteiger partial charge in [-0.05, 0) is 16.0 Å². The van der Waals surface area contributed by atoms with Crippen molar-refractivity contribution >= 4 is 52.1 Å². The Hall–Kier alpha value is -2.48. The largest absolute Gasteiger partial charge is 0.477 e. The lowest BCUT2D eigenvalue weighted by atomic mass is 9.98. The van der Waals surface area contributed by atoms with Gasteiger partial charge in [-0.15, -0.1) is 16.9 Å². The first-order chi connectivity index (χ1) is 14.8. The minimum Gasteiger partial charge on any atom is -0.477 e. The molecule has 2 aliphatic rings. The van der Waals surface area contributed by atoms with Crippen LogP contribution >= 0.6 is 23.5 Å². The number of fused-ring (bicyclic) bond motifs is 1. The molecule has 166 valence electrons. The molecule has 0 aromatic carbocycles. The van der Waals surface area contributed by atoms with E-state index in [1.54, 1.807) is 7.05 Å². The number of amides is 2. The molecule has 0 bridgehead atoms. The number of carboxylic acids is 1. The van der Waals surface area contributed by atoms with Crippen LogP contribution in [-0.4, -0.2) is 93.4 Å². The number of ether oxygens (including phenoxy) is 1. The van der Waals surface area contributed by atoms with Crippen LogP contribution in [-0.2, 0) is 37.0 Å². The molecule has 13 nitrogen and oxygen atoms in total. The lowest BCUT2D eigenvalue weighted by Crippen LogP contribution is -2.83. The van der Waals surface area contributed by atoms with Crippen LogP contribution < -0.4 is 5.32 Å². The van der Waals surface area contributed by atoms with Crippen LogP contribution in [0.4, 0.5) is 0 Å². The van der Waals surface area contributed by atoms with Crippen molar-refractivity contribution in [2.75, 3.05) is 30.1 Å². The standard InChI is InChI=1S/C15H17N7O6S3/c1-21-14(18-19-20-21)30-5-8-7-31(27)13-15(28-2,17-9(23)6-29-4-3-16)12(26)22(13)10(8)11(24)25/h13H,4-7H2,1-2H3,(H,17,23)(H,24,25)/t13?,15-,31?/m0/s1. The second-order valence-corrected chi connectivity index (χ2v) is 9.75. The first kappa shape index (κ1) is 23.2. The van der Waals surface area contributed by atoms with Crippen molar-refractivity contribution < 1.29 is 28.4 Å². The molecule has 1 aromatic heterocycles. The van der Waals surface area contributed by atoms with Crippen LogP contribution in [0.1, 0.15) is 0 Å². The van der Waals surface area contributed by atoms with Crippen LogP contribution in [0.5, 0.6) is 0 Å². The van der Waals surface area contributed by atoms with Crippen LogP contribution in [0.25, 0.3) is 0 Å². The molecule has 1 saturated heterocycles. The lowest BCUT2D eigenvalue weighted by Gasteiger charge is -2.55. The fourth-order valence-electron chi connectivity index (χ4n) is 3.16. The molecule has 3 heterocycles. The third-order valence-corrected chi connectivity index (χ3v) is 8.04. The highest BCUT2D eigenvalue weighted by Gasteiger charge is 2.69. The average Bonchev–Trinajstić information content (AvgIpc) is 3.14. The zero-order valence-electron chi connectivity index (χ0n) is 16.3. The zero-order chi connectivity index (χ0) is 22.8. The maximum atomic E-state index is 13.0. The first-order valence-corrected chi connectivity index (χ1v) is 12.1. The number of β-lactam (4-membered cyclic amide) rings is 1. The number of methoxy groups -OCH3 is 1. The topological polar surface area (TPSA) is 180 Å². The highest BCUT2D eigenvalue weighted by atomic mass is 32.2. The van der Waals surface area contributed by atoms with Gasteiger partial charge in [-0.25, -0.2) is 9.48 Å². The number of carboxylic acid groups (broad SMARTS) is 1. The van der Waals surface area contributed by atoms with Gasteiger partial charge in [0.15, 0.2) is 5.37 Å². The van der Waals surface area contributed by atoms with Crippen molar-refractivity contribution in [2.45, 2.75) is 16.3 Å². The summed E-state index contributed by atoms with van der Waals surface area (Å²) in [7, 11) is 1.04. The Morgan fingerprint density at radius 1 is 1.52 bits per heavy atom. The van der Waals surface area contributed by atoms with E-state index >= 15 is 0 Å². The summed E-state index contributed by atoms with van der Waals surface area (Å²) < 4.78 is 19.6. The number of hydrogen-bond acceptors (Lipinski definition) is 11. The summed E-state index contributed by atoms with van der Waals surface area (Å²) in [4.78, 5) is 38.0. The molecule has 0 aliphatic carbocycles. The Labute approximate surface area is 187 Å². The Bertz CT molecular complexity index is 1020. The first-order valence-electron chi connectivity index (χ1n) is 8.59. The van der Waals surface area contributed by atoms with Gasteiger partial charge in [0, 0.05) is 19.9 Å². The van der Waals surface area contributed by atoms with Crippen molar-refractivity contribution in [2.24, 2.45) is 7.05 Å². The van der Waals surface area contributed by atoms with Gasteiger partial charge in [0.1, 0.15) is 5.70 Å². The van der Waals surface area contributed by atoms with Gasteiger partial charge in [0.05, 0.1) is 34.1 Å². The summed E-state index contributed by atoms with van der Waals surface area (Å²) in [6.45, 7) is 0. The number of carbonyl (C=O) groups excluding carboxylic acids is 2. The molecule has 2 unspecified atom stereocenters. The number of tetrazole rings is 1. The quantitative estimate of drug-likeness (QED) is 0.174. The monoisotopic (exact) mass is 487 g/mol. The van der Waals surface area contributed by atoms with E-state index in [2.05, 4.69) is 20.8 Å². The summed E-state index contributed by atoms with van der Waals surface area (Å²) in [6.07, 6.45) is 0. The van der Waals surface area contributed by atoms with Gasteiger partial charge in [0.2, 0.25) is 11.1 Å². The molecule has 2 N–H and O–H groups in total. The SMILES string of the molecule is CO[C@@]1(NC(=O)CSCC#N)C(=O)N2C(C(=O)O)=C(CSc3nnnn3C)CS(=O)C21. The number of aryl methyl sites for hydroxylation is 1. The second-order valence-electron chi connectivity index (χ2n) is 6.32. The molecule has 3 atom stereocenters. The summed E-state index contributed by atoms with van der Waals surface area (Å²) in [6, 6.07) is 1.88. The van der Waals surface area contributed by atoms with Gasteiger partial charge in [-0.3, -0.25) is 18.7 Å². The van der Waals surface area contributed by atoms with Gasteiger partial charge in [0.25, 0.3) is 11.6 Å². The molecular formula is C15H17N7O6S3. The van der Waals surface area contributed by atoms with E-state index in [9.17, 15) is 23.7 Å². The average molecular weight is 488 g/mol. The minimum absolute atomic E-state index is 0.0802. The number of nitrogens with zero attached hydrogens (tertiary/aromatic N) is 6. The third kappa shape index (κ3) is 4.18. The predicted octanol–water partition coefficient (Wildman–Crippen LogP) is -1.71. The van der Waals surface area contributed by atoms with E-state index < -0.39 is 39.7 Å². The number of rotatable bonds is 9. The van der Waals surface area contributed by atoms with E-state index in [1.807, 2.05) is 6.07 Å². The van der Waals surface area contributed by atoms with Crippen molar-refractivity contribution in [3.05, 3.63) is 11.3 Å². The van der Waals surface area contributed by atoms with Crippen LogP contribution in [0, 0.1) is 11.3 Å². The van der Waals surface area contributed by atoms with Gasteiger partial charge >= 0.3 is 5.97 Å². The van der Waals surface area contributed by atoms with E-state index in [-0.39, 0.29) is 34.3 Å². The number of aliphatic carboxylic acids is 1. The Kier molecular flexibility index (Phi) is 6.99. The number of thioether (sulfide) groups is 2. The summed E-state index contributed by atoms with van der Waals surface area (Å²) in [5.74, 6) is -2.83. The van der Waals surface area contributed by atoms with Gasteiger partial charge in [-0.1, -0.05) is 11.8 Å². The molecule has 0 spiro atoms. The fraction of sp³-hybridized carbons (Fsp3) is 0.533. The molecule has 0 radical (unpaired) electrons. The van der Waals surface area contributed by atoms with Crippen LogP contribution in [0.2, 0.25) is 0 Å². The van der Waals surface area contributed by atoms with Crippen molar-refractivity contribution in [3.8, 4) is 6.07 Å². The maximum Gasteiger partial charge on any atom is 0.352 e. The normalized spacial score (nSPS) is 24.9. The van der Waals surface area contributed by atoms with Crippen LogP contribution in [0.3, 0.4) is 0 Å². The van der Waals surface area contributed by atoms with E-state index in [0.717, 1.165) is 28.4 Å². The van der Waals surface area contributed by atoms with Gasteiger partial charge in [-0.2, -0.15) is 5.26 Å². The summed E-state index contributed by atoms with van der Waals surface area (Å²) >= 11 is 2.18. The highest BCUT2D eigenvalue weighted by Crippen LogP contribution is 2.42. The molecule has 3 rings (SSSR count). The van der Waals surface area contributed by atoms with Crippen molar-refractivity contribution in [1.82, 2.24) is 30.4 Å². The Morgan fingerprint density at radius 3 is 2.84 bits per heavy atom. The third-order valence-electron chi connectivity index (χ3n) is 4.47. The molecule has 1 fully saturated rings. The smallest absolute Gasteiger partial charge is 0.352 e. The Balaban J connectivity index is 1.85. The van der Waals surface area contributed by atoms with Crippen LogP contribution in [0.15, 0.2) is 16.4 Å². The minimum atomic E-state index is -1.93. The zero-order valence-corrected chi connectivity index (χ0v) is 18.8. The maximum absolute atomic E-state index is 13.0. The summed E-state index contributed by atoms with van der Waals surface area (Å²) in [5.41, 5.74) is -1.94. The number of nitriles is 1. The molecule has 16 heteroatoms. The van der Waals surface area contributed by atoms with Crippen molar-refractivity contribution in [1.29, 1.82) is 5.26 Å². The number of aromatic nitrogens is 4. The Morgan fingerprint density at radius 2 is 2.26 bits per heavy atom.